The van der Waals surface area contributed by atoms with Crippen LogP contribution in [0.5, 0.6) is 11.5 Å². The first-order valence-corrected chi connectivity index (χ1v) is 12.6. The number of likely N-dealkylation sites (tertiary alicyclic amines) is 1. The fourth-order valence-electron chi connectivity index (χ4n) is 4.30. The Morgan fingerprint density at radius 2 is 1.97 bits per heavy atom. The molecule has 3 aromatic rings. The molecule has 2 aromatic heterocycles. The molecule has 0 radical (unpaired) electrons. The van der Waals surface area contributed by atoms with Crippen LogP contribution >= 0.6 is 11.8 Å². The minimum Gasteiger partial charge on any atom is -0.454 e. The van der Waals surface area contributed by atoms with E-state index in [1.165, 1.54) is 18.1 Å². The van der Waals surface area contributed by atoms with E-state index in [1.807, 2.05) is 43.9 Å². The first-order valence-electron chi connectivity index (χ1n) is 11.8. The molecule has 2 aliphatic heterocycles. The highest BCUT2D eigenvalue weighted by atomic mass is 32.2. The van der Waals surface area contributed by atoms with Crippen molar-refractivity contribution >= 4 is 34.8 Å². The summed E-state index contributed by atoms with van der Waals surface area (Å²) in [5.74, 6) is 2.34. The highest BCUT2D eigenvalue weighted by Gasteiger charge is 2.27. The van der Waals surface area contributed by atoms with Crippen molar-refractivity contribution in [3.63, 3.8) is 0 Å². The summed E-state index contributed by atoms with van der Waals surface area (Å²) in [4.78, 5) is 28.5. The molecule has 186 valence electrons. The summed E-state index contributed by atoms with van der Waals surface area (Å²) in [6.07, 6.45) is 4.07. The van der Waals surface area contributed by atoms with Crippen LogP contribution in [0.1, 0.15) is 40.0 Å². The van der Waals surface area contributed by atoms with Gasteiger partial charge >= 0.3 is 6.09 Å². The van der Waals surface area contributed by atoms with Gasteiger partial charge in [-0.1, -0.05) is 11.8 Å². The first kappa shape index (κ1) is 23.5. The lowest BCUT2D eigenvalue weighted by Gasteiger charge is -2.33. The standard InChI is InChI=1S/C24H30N6O4S/c1-24(2,3)34-23(31)29-9-6-15(7-10-29)8-11-30-21-19(20(25)26-13-27-21)28-22(30)35-16-4-5-17-18(12-16)33-14-32-17/h4-5,12-13,15H,6-11,14H2,1-3H3,(H2,25,26,27). The normalized spacial score (nSPS) is 16.1. The molecule has 2 N–H and O–H groups in total. The zero-order chi connectivity index (χ0) is 24.6. The van der Waals surface area contributed by atoms with Gasteiger partial charge < -0.3 is 29.4 Å². The topological polar surface area (TPSA) is 118 Å². The van der Waals surface area contributed by atoms with E-state index in [-0.39, 0.29) is 12.9 Å². The van der Waals surface area contributed by atoms with Crippen LogP contribution in [0.4, 0.5) is 10.6 Å². The average Bonchev–Trinajstić information content (AvgIpc) is 3.42. The molecule has 1 aromatic carbocycles. The molecule has 1 fully saturated rings. The van der Waals surface area contributed by atoms with E-state index in [0.717, 1.165) is 53.0 Å². The molecule has 4 heterocycles. The van der Waals surface area contributed by atoms with Crippen molar-refractivity contribution in [2.75, 3.05) is 25.6 Å². The maximum Gasteiger partial charge on any atom is 0.410 e. The van der Waals surface area contributed by atoms with E-state index >= 15 is 0 Å². The van der Waals surface area contributed by atoms with Crippen LogP contribution in [0.25, 0.3) is 11.2 Å². The number of amides is 1. The van der Waals surface area contributed by atoms with Crippen molar-refractivity contribution in [2.24, 2.45) is 5.92 Å². The van der Waals surface area contributed by atoms with E-state index in [1.54, 1.807) is 0 Å². The third-order valence-corrected chi connectivity index (χ3v) is 7.09. The number of anilines is 1. The summed E-state index contributed by atoms with van der Waals surface area (Å²) in [7, 11) is 0. The van der Waals surface area contributed by atoms with E-state index in [4.69, 9.17) is 24.9 Å². The van der Waals surface area contributed by atoms with Crippen molar-refractivity contribution in [2.45, 2.75) is 62.2 Å². The van der Waals surface area contributed by atoms with Crippen molar-refractivity contribution in [3.8, 4) is 11.5 Å². The van der Waals surface area contributed by atoms with Gasteiger partial charge in [-0.25, -0.2) is 19.7 Å². The number of aryl methyl sites for hydroxylation is 1. The Bertz CT molecular complexity index is 1230. The second kappa shape index (κ2) is 9.44. The molecule has 0 atom stereocenters. The Labute approximate surface area is 208 Å². The van der Waals surface area contributed by atoms with Crippen LogP contribution in [0.15, 0.2) is 34.6 Å². The zero-order valence-corrected chi connectivity index (χ0v) is 21.0. The lowest BCUT2D eigenvalue weighted by Crippen LogP contribution is -2.41. The van der Waals surface area contributed by atoms with E-state index in [0.29, 0.717) is 30.3 Å². The number of fused-ring (bicyclic) bond motifs is 2. The lowest BCUT2D eigenvalue weighted by atomic mass is 9.94. The predicted molar refractivity (Wildman–Crippen MR) is 132 cm³/mol. The van der Waals surface area contributed by atoms with Gasteiger partial charge in [-0.3, -0.25) is 0 Å². The van der Waals surface area contributed by atoms with Crippen LogP contribution in [0.3, 0.4) is 0 Å². The number of rotatable bonds is 5. The van der Waals surface area contributed by atoms with Crippen LogP contribution < -0.4 is 15.2 Å². The molecule has 0 saturated carbocycles. The molecule has 11 heteroatoms. The van der Waals surface area contributed by atoms with Gasteiger partial charge in [0.25, 0.3) is 0 Å². The summed E-state index contributed by atoms with van der Waals surface area (Å²) in [5.41, 5.74) is 6.97. The van der Waals surface area contributed by atoms with Crippen molar-refractivity contribution in [3.05, 3.63) is 24.5 Å². The summed E-state index contributed by atoms with van der Waals surface area (Å²) in [5, 5.41) is 0.803. The second-order valence-electron chi connectivity index (χ2n) is 9.79. The van der Waals surface area contributed by atoms with Gasteiger partial charge in [-0.05, 0) is 64.2 Å². The van der Waals surface area contributed by atoms with E-state index in [9.17, 15) is 4.79 Å². The first-order chi connectivity index (χ1) is 16.8. The Hall–Kier alpha value is -3.21. The lowest BCUT2D eigenvalue weighted by molar-refractivity contribution is 0.0179. The number of ether oxygens (including phenoxy) is 3. The smallest absolute Gasteiger partial charge is 0.410 e. The molecule has 0 aliphatic carbocycles. The Morgan fingerprint density at radius 3 is 2.74 bits per heavy atom. The minimum atomic E-state index is -0.480. The molecule has 35 heavy (non-hydrogen) atoms. The Morgan fingerprint density at radius 1 is 1.20 bits per heavy atom. The fraction of sp³-hybridized carbons (Fsp3) is 0.500. The maximum atomic E-state index is 12.4. The highest BCUT2D eigenvalue weighted by Crippen LogP contribution is 2.39. The third kappa shape index (κ3) is 5.24. The summed E-state index contributed by atoms with van der Waals surface area (Å²) in [6.45, 7) is 8.07. The van der Waals surface area contributed by atoms with Gasteiger partial charge in [0.05, 0.1) is 0 Å². The van der Waals surface area contributed by atoms with Crippen LogP contribution in [0, 0.1) is 5.92 Å². The average molecular weight is 499 g/mol. The minimum absolute atomic E-state index is 0.230. The van der Waals surface area contributed by atoms with Crippen molar-refractivity contribution in [1.82, 2.24) is 24.4 Å². The summed E-state index contributed by atoms with van der Waals surface area (Å²) >= 11 is 1.53. The number of imidazole rings is 1. The second-order valence-corrected chi connectivity index (χ2v) is 10.8. The number of nitrogens with two attached hydrogens (primary N) is 1. The van der Waals surface area contributed by atoms with Crippen LogP contribution in [-0.2, 0) is 11.3 Å². The highest BCUT2D eigenvalue weighted by molar-refractivity contribution is 7.99. The van der Waals surface area contributed by atoms with Crippen molar-refractivity contribution in [1.29, 1.82) is 0 Å². The molecule has 5 rings (SSSR count). The maximum absolute atomic E-state index is 12.4. The molecule has 0 bridgehead atoms. The molecule has 1 saturated heterocycles. The number of aromatic nitrogens is 4. The number of nitrogen functional groups attached to an aromatic ring is 1. The number of piperidine rings is 1. The molecule has 1 amide bonds. The molecule has 2 aliphatic rings. The van der Waals surface area contributed by atoms with Crippen molar-refractivity contribution < 1.29 is 19.0 Å². The number of hydrogen-bond acceptors (Lipinski definition) is 9. The number of nitrogens with zero attached hydrogens (tertiary/aromatic N) is 5. The van der Waals surface area contributed by atoms with Gasteiger partial charge in [0.1, 0.15) is 11.9 Å². The molecule has 10 nitrogen and oxygen atoms in total. The van der Waals surface area contributed by atoms with E-state index < -0.39 is 5.60 Å². The zero-order valence-electron chi connectivity index (χ0n) is 20.2. The molecular weight excluding hydrogens is 468 g/mol. The number of hydrogen-bond donors (Lipinski definition) is 1. The van der Waals surface area contributed by atoms with Gasteiger partial charge in [0.15, 0.2) is 33.6 Å². The quantitative estimate of drug-likeness (QED) is 0.548. The summed E-state index contributed by atoms with van der Waals surface area (Å²) < 4.78 is 18.6. The molecular formula is C24H30N6O4S. The fourth-order valence-corrected chi connectivity index (χ4v) is 5.24. The summed E-state index contributed by atoms with van der Waals surface area (Å²) in [6, 6.07) is 5.85. The Balaban J connectivity index is 1.28. The SMILES string of the molecule is CC(C)(C)OC(=O)N1CCC(CCn2c(Sc3ccc4c(c3)OCO4)nc3c(N)ncnc32)CC1. The van der Waals surface area contributed by atoms with Gasteiger partial charge in [0, 0.05) is 24.5 Å². The van der Waals surface area contributed by atoms with Crippen LogP contribution in [-0.4, -0.2) is 56.0 Å². The van der Waals surface area contributed by atoms with Gasteiger partial charge in [-0.15, -0.1) is 0 Å². The van der Waals surface area contributed by atoms with Gasteiger partial charge in [-0.2, -0.15) is 0 Å². The number of carbonyl (C=O) groups is 1. The third-order valence-electron chi connectivity index (χ3n) is 6.11. The van der Waals surface area contributed by atoms with Gasteiger partial charge in [0.2, 0.25) is 6.79 Å². The largest absolute Gasteiger partial charge is 0.454 e. The number of benzene rings is 1. The van der Waals surface area contributed by atoms with Crippen LogP contribution in [0.2, 0.25) is 0 Å². The number of carbonyl (C=O) groups excluding carboxylic acids is 1. The van der Waals surface area contributed by atoms with E-state index in [2.05, 4.69) is 14.5 Å². The predicted octanol–water partition coefficient (Wildman–Crippen LogP) is 4.33. The Kier molecular flexibility index (Phi) is 6.35. The monoisotopic (exact) mass is 498 g/mol. The molecule has 0 unspecified atom stereocenters. The molecule has 0 spiro atoms.